The Morgan fingerprint density at radius 3 is 2.73 bits per heavy atom. The van der Waals surface area contributed by atoms with Crippen molar-refractivity contribution in [2.45, 2.75) is 6.10 Å². The Balaban J connectivity index is 1.18. The molecule has 2 aromatic carbocycles. The lowest BCUT2D eigenvalue weighted by atomic mass is 10.2. The van der Waals surface area contributed by atoms with Gasteiger partial charge in [0.25, 0.3) is 5.91 Å². The molecule has 0 aliphatic carbocycles. The molecule has 0 saturated heterocycles. The highest BCUT2D eigenvalue weighted by Gasteiger charge is 2.26. The number of aromatic nitrogens is 4. The van der Waals surface area contributed by atoms with Crippen molar-refractivity contribution in [3.05, 3.63) is 60.7 Å². The molecule has 4 aromatic rings. The fourth-order valence-corrected chi connectivity index (χ4v) is 3.36. The van der Waals surface area contributed by atoms with Gasteiger partial charge in [-0.15, -0.1) is 15.3 Å². The first-order valence-corrected chi connectivity index (χ1v) is 10.4. The van der Waals surface area contributed by atoms with Crippen molar-refractivity contribution in [1.82, 2.24) is 25.1 Å². The van der Waals surface area contributed by atoms with Gasteiger partial charge in [-0.3, -0.25) is 4.79 Å². The highest BCUT2D eigenvalue weighted by atomic mass is 16.6. The van der Waals surface area contributed by atoms with Crippen molar-refractivity contribution in [2.75, 3.05) is 26.9 Å². The van der Waals surface area contributed by atoms with Gasteiger partial charge in [-0.05, 0) is 42.5 Å². The molecule has 0 bridgehead atoms. The van der Waals surface area contributed by atoms with Crippen molar-refractivity contribution < 1.29 is 23.7 Å². The summed E-state index contributed by atoms with van der Waals surface area (Å²) in [4.78, 5) is 12.4. The molecule has 2 aromatic heterocycles. The topological polar surface area (TPSA) is 109 Å². The monoisotopic (exact) mass is 447 g/mol. The standard InChI is InChI=1S/C23H21N5O5/c1-30-16-8-6-15(7-9-16)22-26-25-20-10-11-21(27-28(20)22)31-13-12-24-23(29)19-14-32-17-4-2-3-5-18(17)33-19/h2-11,19H,12-14H2,1H3,(H,24,29). The minimum atomic E-state index is -0.710. The highest BCUT2D eigenvalue weighted by Crippen LogP contribution is 2.30. The maximum Gasteiger partial charge on any atom is 0.264 e. The van der Waals surface area contributed by atoms with E-state index in [9.17, 15) is 4.79 Å². The van der Waals surface area contributed by atoms with E-state index in [4.69, 9.17) is 18.9 Å². The van der Waals surface area contributed by atoms with E-state index in [-0.39, 0.29) is 25.7 Å². The second-order valence-electron chi connectivity index (χ2n) is 7.20. The highest BCUT2D eigenvalue weighted by molar-refractivity contribution is 5.81. The minimum Gasteiger partial charge on any atom is -0.497 e. The summed E-state index contributed by atoms with van der Waals surface area (Å²) in [5.74, 6) is 2.64. The van der Waals surface area contributed by atoms with Gasteiger partial charge in [-0.1, -0.05) is 12.1 Å². The lowest BCUT2D eigenvalue weighted by Crippen LogP contribution is -2.45. The lowest BCUT2D eigenvalue weighted by Gasteiger charge is -2.25. The molecule has 0 fully saturated rings. The number of fused-ring (bicyclic) bond motifs is 2. The number of benzene rings is 2. The molecular weight excluding hydrogens is 426 g/mol. The number of para-hydroxylation sites is 2. The quantitative estimate of drug-likeness (QED) is 0.429. The molecule has 1 amide bonds. The number of nitrogens with zero attached hydrogens (tertiary/aromatic N) is 4. The Labute approximate surface area is 189 Å². The van der Waals surface area contributed by atoms with Crippen LogP contribution in [-0.4, -0.2) is 58.7 Å². The molecule has 1 N–H and O–H groups in total. The smallest absolute Gasteiger partial charge is 0.264 e. The number of rotatable bonds is 7. The van der Waals surface area contributed by atoms with Crippen molar-refractivity contribution in [2.24, 2.45) is 0 Å². The average Bonchev–Trinajstić information content (AvgIpc) is 3.29. The second-order valence-corrected chi connectivity index (χ2v) is 7.20. The fraction of sp³-hybridized carbons (Fsp3) is 0.217. The van der Waals surface area contributed by atoms with Crippen molar-refractivity contribution in [3.8, 4) is 34.5 Å². The molecule has 10 heteroatoms. The molecule has 0 radical (unpaired) electrons. The molecule has 33 heavy (non-hydrogen) atoms. The third kappa shape index (κ3) is 4.36. The average molecular weight is 447 g/mol. The lowest BCUT2D eigenvalue weighted by molar-refractivity contribution is -0.130. The summed E-state index contributed by atoms with van der Waals surface area (Å²) in [5.41, 5.74) is 1.44. The number of methoxy groups -OCH3 is 1. The summed E-state index contributed by atoms with van der Waals surface area (Å²) in [6.45, 7) is 0.672. The van der Waals surface area contributed by atoms with Gasteiger partial charge >= 0.3 is 0 Å². The normalized spacial score (nSPS) is 14.6. The largest absolute Gasteiger partial charge is 0.497 e. The molecule has 0 saturated carbocycles. The first-order chi connectivity index (χ1) is 16.2. The van der Waals surface area contributed by atoms with Crippen LogP contribution in [0.15, 0.2) is 60.7 Å². The van der Waals surface area contributed by atoms with Crippen LogP contribution in [-0.2, 0) is 4.79 Å². The summed E-state index contributed by atoms with van der Waals surface area (Å²) in [5, 5.41) is 15.6. The van der Waals surface area contributed by atoms with Crippen LogP contribution in [0.3, 0.4) is 0 Å². The van der Waals surface area contributed by atoms with Gasteiger partial charge in [-0.25, -0.2) is 0 Å². The summed E-state index contributed by atoms with van der Waals surface area (Å²) in [7, 11) is 1.62. The zero-order valence-electron chi connectivity index (χ0n) is 17.8. The fourth-order valence-electron chi connectivity index (χ4n) is 3.36. The zero-order chi connectivity index (χ0) is 22.6. The number of ether oxygens (including phenoxy) is 4. The maximum atomic E-state index is 12.4. The number of carbonyl (C=O) groups is 1. The molecule has 1 unspecified atom stereocenters. The van der Waals surface area contributed by atoms with Crippen molar-refractivity contribution >= 4 is 11.6 Å². The number of amides is 1. The Kier molecular flexibility index (Phi) is 5.62. The molecule has 5 rings (SSSR count). The minimum absolute atomic E-state index is 0.156. The molecule has 168 valence electrons. The predicted molar refractivity (Wildman–Crippen MR) is 118 cm³/mol. The van der Waals surface area contributed by atoms with Gasteiger partial charge in [0.15, 0.2) is 23.0 Å². The number of hydrogen-bond acceptors (Lipinski definition) is 8. The van der Waals surface area contributed by atoms with Crippen LogP contribution in [0.2, 0.25) is 0 Å². The Bertz CT molecular complexity index is 1270. The van der Waals surface area contributed by atoms with Crippen LogP contribution in [0, 0.1) is 0 Å². The van der Waals surface area contributed by atoms with Crippen LogP contribution < -0.4 is 24.3 Å². The first-order valence-electron chi connectivity index (χ1n) is 10.4. The van der Waals surface area contributed by atoms with Gasteiger partial charge in [0.2, 0.25) is 12.0 Å². The second kappa shape index (κ2) is 9.03. The van der Waals surface area contributed by atoms with E-state index in [0.717, 1.165) is 11.3 Å². The van der Waals surface area contributed by atoms with E-state index in [1.54, 1.807) is 35.9 Å². The Morgan fingerprint density at radius 2 is 1.91 bits per heavy atom. The summed E-state index contributed by atoms with van der Waals surface area (Å²) in [6, 6.07) is 18.2. The van der Waals surface area contributed by atoms with Crippen LogP contribution >= 0.6 is 0 Å². The van der Waals surface area contributed by atoms with Gasteiger partial charge in [-0.2, -0.15) is 4.52 Å². The van der Waals surface area contributed by atoms with Gasteiger partial charge in [0, 0.05) is 11.6 Å². The Morgan fingerprint density at radius 1 is 1.09 bits per heavy atom. The molecule has 3 heterocycles. The SMILES string of the molecule is COc1ccc(-c2nnc3ccc(OCCNC(=O)C4COc5ccccc5O4)nn23)cc1. The third-order valence-electron chi connectivity index (χ3n) is 5.04. The number of carbonyl (C=O) groups excluding carboxylic acids is 1. The molecule has 1 atom stereocenters. The predicted octanol–water partition coefficient (Wildman–Crippen LogP) is 2.13. The van der Waals surface area contributed by atoms with Crippen molar-refractivity contribution in [1.29, 1.82) is 0 Å². The van der Waals surface area contributed by atoms with Gasteiger partial charge < -0.3 is 24.3 Å². The van der Waals surface area contributed by atoms with E-state index in [1.807, 2.05) is 36.4 Å². The van der Waals surface area contributed by atoms with E-state index in [1.165, 1.54) is 0 Å². The molecule has 10 nitrogen and oxygen atoms in total. The van der Waals surface area contributed by atoms with Crippen LogP contribution in [0.5, 0.6) is 23.1 Å². The molecule has 1 aliphatic heterocycles. The Hall–Kier alpha value is -4.34. The van der Waals surface area contributed by atoms with Gasteiger partial charge in [0.05, 0.1) is 13.7 Å². The van der Waals surface area contributed by atoms with E-state index in [2.05, 4.69) is 20.6 Å². The van der Waals surface area contributed by atoms with Crippen LogP contribution in [0.25, 0.3) is 17.0 Å². The molecule has 0 spiro atoms. The van der Waals surface area contributed by atoms with Crippen molar-refractivity contribution in [3.63, 3.8) is 0 Å². The summed E-state index contributed by atoms with van der Waals surface area (Å²) < 4.78 is 23.8. The van der Waals surface area contributed by atoms with Crippen LogP contribution in [0.1, 0.15) is 0 Å². The molecular formula is C23H21N5O5. The summed E-state index contributed by atoms with van der Waals surface area (Å²) in [6.07, 6.45) is -0.710. The van der Waals surface area contributed by atoms with Gasteiger partial charge in [0.1, 0.15) is 19.0 Å². The third-order valence-corrected chi connectivity index (χ3v) is 5.04. The maximum absolute atomic E-state index is 12.4. The van der Waals surface area contributed by atoms with E-state index >= 15 is 0 Å². The van der Waals surface area contributed by atoms with E-state index in [0.29, 0.717) is 28.9 Å². The molecule has 1 aliphatic rings. The summed E-state index contributed by atoms with van der Waals surface area (Å²) >= 11 is 0. The number of nitrogens with one attached hydrogen (secondary N) is 1. The number of hydrogen-bond donors (Lipinski definition) is 1. The first kappa shape index (κ1) is 20.6. The van der Waals surface area contributed by atoms with E-state index < -0.39 is 6.10 Å². The van der Waals surface area contributed by atoms with Crippen LogP contribution in [0.4, 0.5) is 0 Å². The zero-order valence-corrected chi connectivity index (χ0v) is 17.8.